The number of hydrogen-bond donors (Lipinski definition) is 0. The van der Waals surface area contributed by atoms with Crippen molar-refractivity contribution in [2.24, 2.45) is 0 Å². The molecular weight excluding hydrogens is 269 g/mol. The highest BCUT2D eigenvalue weighted by molar-refractivity contribution is 7.91. The van der Waals surface area contributed by atoms with E-state index in [1.165, 1.54) is 13.0 Å². The molecule has 0 aliphatic carbocycles. The van der Waals surface area contributed by atoms with Crippen LogP contribution < -0.4 is 0 Å². The fourth-order valence-corrected chi connectivity index (χ4v) is 3.25. The maximum Gasteiger partial charge on any atom is 0.182 e. The number of aromatic nitrogens is 1. The summed E-state index contributed by atoms with van der Waals surface area (Å²) >= 11 is 16.9. The molecule has 0 radical (unpaired) electrons. The van der Waals surface area contributed by atoms with Gasteiger partial charge in [-0.25, -0.2) is 13.4 Å². The monoisotopic (exact) mass is 273 g/mol. The second kappa shape index (κ2) is 4.23. The highest BCUT2D eigenvalue weighted by Crippen LogP contribution is 2.30. The maximum atomic E-state index is 11.5. The van der Waals surface area contributed by atoms with Crippen molar-refractivity contribution in [3.05, 3.63) is 21.4 Å². The molecule has 0 unspecified atom stereocenters. The van der Waals surface area contributed by atoms with E-state index in [0.717, 1.165) is 0 Å². The summed E-state index contributed by atoms with van der Waals surface area (Å²) in [7, 11) is -3.46. The molecule has 14 heavy (non-hydrogen) atoms. The van der Waals surface area contributed by atoms with E-state index in [1.54, 1.807) is 0 Å². The average molecular weight is 275 g/mol. The van der Waals surface area contributed by atoms with Crippen molar-refractivity contribution < 1.29 is 8.42 Å². The van der Waals surface area contributed by atoms with Gasteiger partial charge in [0.15, 0.2) is 15.0 Å². The molecule has 1 aromatic heterocycles. The zero-order valence-corrected chi connectivity index (χ0v) is 10.2. The molecule has 0 saturated carbocycles. The number of hydrogen-bond acceptors (Lipinski definition) is 3. The molecule has 1 rings (SSSR count). The first kappa shape index (κ1) is 12.0. The molecule has 0 N–H and O–H groups in total. The van der Waals surface area contributed by atoms with Crippen LogP contribution in [0.2, 0.25) is 15.3 Å². The summed E-state index contributed by atoms with van der Waals surface area (Å²) in [6.07, 6.45) is 0. The van der Waals surface area contributed by atoms with Gasteiger partial charge in [-0.05, 0) is 6.07 Å². The van der Waals surface area contributed by atoms with Gasteiger partial charge in [0.1, 0.15) is 10.0 Å². The Morgan fingerprint density at radius 2 is 1.93 bits per heavy atom. The van der Waals surface area contributed by atoms with E-state index < -0.39 is 9.84 Å². The van der Waals surface area contributed by atoms with Crippen LogP contribution >= 0.6 is 34.8 Å². The van der Waals surface area contributed by atoms with Gasteiger partial charge in [-0.2, -0.15) is 0 Å². The lowest BCUT2D eigenvalue weighted by Gasteiger charge is -2.05. The van der Waals surface area contributed by atoms with Crippen LogP contribution in [0.5, 0.6) is 0 Å². The Labute approximate surface area is 96.9 Å². The van der Waals surface area contributed by atoms with Gasteiger partial charge in [-0.1, -0.05) is 41.7 Å². The molecule has 3 nitrogen and oxygen atoms in total. The standard InChI is InChI=1S/C7H6Cl3NO2S/c1-2-14(12,13)6-4(8)3-5(9)11-7(6)10/h3H,2H2,1H3. The fourth-order valence-electron chi connectivity index (χ4n) is 0.867. The zero-order chi connectivity index (χ0) is 10.9. The van der Waals surface area contributed by atoms with Crippen molar-refractivity contribution in [2.75, 3.05) is 5.75 Å². The number of sulfone groups is 1. The van der Waals surface area contributed by atoms with E-state index in [2.05, 4.69) is 4.98 Å². The molecule has 0 spiro atoms. The van der Waals surface area contributed by atoms with Crippen LogP contribution in [0.15, 0.2) is 11.0 Å². The third-order valence-corrected chi connectivity index (χ3v) is 4.33. The molecule has 0 aliphatic heterocycles. The van der Waals surface area contributed by atoms with E-state index in [1.807, 2.05) is 0 Å². The van der Waals surface area contributed by atoms with Crippen LogP contribution in [-0.4, -0.2) is 19.2 Å². The molecule has 1 aromatic rings. The molecule has 0 aromatic carbocycles. The van der Waals surface area contributed by atoms with Crippen molar-refractivity contribution in [3.63, 3.8) is 0 Å². The normalized spacial score (nSPS) is 11.7. The summed E-state index contributed by atoms with van der Waals surface area (Å²) in [5.74, 6) is -0.0875. The largest absolute Gasteiger partial charge is 0.224 e. The molecule has 1 heterocycles. The zero-order valence-electron chi connectivity index (χ0n) is 7.09. The number of pyridine rings is 1. The summed E-state index contributed by atoms with van der Waals surface area (Å²) in [4.78, 5) is 3.46. The van der Waals surface area contributed by atoms with Crippen molar-refractivity contribution in [2.45, 2.75) is 11.8 Å². The highest BCUT2D eigenvalue weighted by Gasteiger charge is 2.21. The fraction of sp³-hybridized carbons (Fsp3) is 0.286. The van der Waals surface area contributed by atoms with Gasteiger partial charge in [-0.3, -0.25) is 0 Å². The van der Waals surface area contributed by atoms with Crippen LogP contribution in [0.4, 0.5) is 0 Å². The quantitative estimate of drug-likeness (QED) is 0.779. The van der Waals surface area contributed by atoms with Gasteiger partial charge in [0.2, 0.25) is 0 Å². The van der Waals surface area contributed by atoms with Crippen LogP contribution in [0, 0.1) is 0 Å². The van der Waals surface area contributed by atoms with Gasteiger partial charge in [0, 0.05) is 0 Å². The Bertz CT molecular complexity index is 435. The van der Waals surface area contributed by atoms with E-state index in [-0.39, 0.29) is 26.0 Å². The van der Waals surface area contributed by atoms with E-state index in [0.29, 0.717) is 0 Å². The summed E-state index contributed by atoms with van der Waals surface area (Å²) in [6.45, 7) is 1.50. The van der Waals surface area contributed by atoms with Gasteiger partial charge in [-0.15, -0.1) is 0 Å². The Balaban J connectivity index is 3.51. The van der Waals surface area contributed by atoms with Gasteiger partial charge in [0.05, 0.1) is 10.8 Å². The lowest BCUT2D eigenvalue weighted by atomic mass is 10.5. The van der Waals surface area contributed by atoms with Crippen LogP contribution in [0.25, 0.3) is 0 Å². The van der Waals surface area contributed by atoms with E-state index in [9.17, 15) is 8.42 Å². The summed E-state index contributed by atoms with van der Waals surface area (Å²) in [5, 5.41) is -0.128. The average Bonchev–Trinajstić information content (AvgIpc) is 2.01. The first-order valence-electron chi connectivity index (χ1n) is 3.62. The van der Waals surface area contributed by atoms with E-state index >= 15 is 0 Å². The third kappa shape index (κ3) is 2.31. The molecule has 0 saturated heterocycles. The molecular formula is C7H6Cl3NO2S. The molecule has 78 valence electrons. The predicted molar refractivity (Wildman–Crippen MR) is 57.0 cm³/mol. The topological polar surface area (TPSA) is 47.0 Å². The minimum Gasteiger partial charge on any atom is -0.224 e. The van der Waals surface area contributed by atoms with Gasteiger partial charge >= 0.3 is 0 Å². The summed E-state index contributed by atoms with van der Waals surface area (Å²) in [5.41, 5.74) is 0. The maximum absolute atomic E-state index is 11.5. The van der Waals surface area contributed by atoms with Crippen molar-refractivity contribution in [1.29, 1.82) is 0 Å². The molecule has 0 amide bonds. The van der Waals surface area contributed by atoms with Crippen molar-refractivity contribution >= 4 is 44.6 Å². The Hall–Kier alpha value is -0.0300. The Morgan fingerprint density at radius 1 is 1.36 bits per heavy atom. The second-order valence-corrected chi connectivity index (χ2v) is 5.82. The van der Waals surface area contributed by atoms with Gasteiger partial charge in [0.25, 0.3) is 0 Å². The summed E-state index contributed by atoms with van der Waals surface area (Å²) in [6, 6.07) is 1.25. The highest BCUT2D eigenvalue weighted by atomic mass is 35.5. The molecule has 0 aliphatic rings. The van der Waals surface area contributed by atoms with Crippen LogP contribution in [0.1, 0.15) is 6.92 Å². The van der Waals surface area contributed by atoms with Crippen LogP contribution in [-0.2, 0) is 9.84 Å². The minimum absolute atomic E-state index is 0.00292. The van der Waals surface area contributed by atoms with E-state index in [4.69, 9.17) is 34.8 Å². The second-order valence-electron chi connectivity index (χ2n) is 2.45. The molecule has 0 fully saturated rings. The molecule has 0 bridgehead atoms. The lowest BCUT2D eigenvalue weighted by molar-refractivity contribution is 0.597. The number of halogens is 3. The first-order valence-corrected chi connectivity index (χ1v) is 6.41. The molecule has 0 atom stereocenters. The minimum atomic E-state index is -3.46. The third-order valence-electron chi connectivity index (χ3n) is 1.55. The first-order chi connectivity index (χ1) is 6.38. The van der Waals surface area contributed by atoms with Crippen LogP contribution in [0.3, 0.4) is 0 Å². The smallest absolute Gasteiger partial charge is 0.182 e. The SMILES string of the molecule is CCS(=O)(=O)c1c(Cl)cc(Cl)nc1Cl. The van der Waals surface area contributed by atoms with Crippen molar-refractivity contribution in [3.8, 4) is 0 Å². The number of rotatable bonds is 2. The Kier molecular flexibility index (Phi) is 3.63. The predicted octanol–water partition coefficient (Wildman–Crippen LogP) is 2.84. The Morgan fingerprint density at radius 3 is 2.36 bits per heavy atom. The lowest BCUT2D eigenvalue weighted by Crippen LogP contribution is -2.06. The number of nitrogens with zero attached hydrogens (tertiary/aromatic N) is 1. The van der Waals surface area contributed by atoms with Gasteiger partial charge < -0.3 is 0 Å². The van der Waals surface area contributed by atoms with Crippen molar-refractivity contribution in [1.82, 2.24) is 4.98 Å². The molecule has 7 heteroatoms. The summed E-state index contributed by atoms with van der Waals surface area (Å²) < 4.78 is 23.0.